The second kappa shape index (κ2) is 6.90. The summed E-state index contributed by atoms with van der Waals surface area (Å²) in [6.45, 7) is 7.77. The molecule has 3 fully saturated rings. The number of hydrogen-bond donors (Lipinski definition) is 0. The predicted octanol–water partition coefficient (Wildman–Crippen LogP) is 3.15. The van der Waals surface area contributed by atoms with Crippen molar-refractivity contribution in [2.45, 2.75) is 51.7 Å². The Labute approximate surface area is 187 Å². The lowest BCUT2D eigenvalue weighted by Crippen LogP contribution is -2.50. The number of imide groups is 1. The summed E-state index contributed by atoms with van der Waals surface area (Å²) >= 11 is 0. The molecule has 0 saturated carbocycles. The second-order valence-corrected chi connectivity index (χ2v) is 9.51. The van der Waals surface area contributed by atoms with E-state index in [1.165, 1.54) is 4.90 Å². The Kier molecular flexibility index (Phi) is 4.47. The van der Waals surface area contributed by atoms with Gasteiger partial charge in [-0.25, -0.2) is 9.91 Å². The summed E-state index contributed by atoms with van der Waals surface area (Å²) in [4.78, 5) is 42.0. The van der Waals surface area contributed by atoms with E-state index in [1.807, 2.05) is 75.2 Å². The Morgan fingerprint density at radius 1 is 0.906 bits per heavy atom. The Bertz CT molecular complexity index is 1120. The number of hydrogen-bond acceptors (Lipinski definition) is 5. The SMILES string of the molecule is COc1ccc([C@H]2[C@@H]3C(=O)N(c4c(C)cccc4C)C(=O)[C@@H]3N3C(=O)CC(C)(C)N23)cc1. The number of nitrogens with zero attached hydrogens (tertiary/aromatic N) is 3. The second-order valence-electron chi connectivity index (χ2n) is 9.51. The first-order chi connectivity index (χ1) is 15.2. The number of aryl methyl sites for hydroxylation is 2. The Hall–Kier alpha value is -3.19. The number of rotatable bonds is 3. The highest BCUT2D eigenvalue weighted by Gasteiger charge is 2.68. The summed E-state index contributed by atoms with van der Waals surface area (Å²) in [7, 11) is 1.60. The zero-order valence-corrected chi connectivity index (χ0v) is 19.0. The highest BCUT2D eigenvalue weighted by atomic mass is 16.5. The number of anilines is 1. The van der Waals surface area contributed by atoms with Gasteiger partial charge >= 0.3 is 0 Å². The zero-order chi connectivity index (χ0) is 22.9. The molecule has 0 unspecified atom stereocenters. The summed E-state index contributed by atoms with van der Waals surface area (Å²) in [6.07, 6.45) is 0.299. The number of ether oxygens (including phenoxy) is 1. The topological polar surface area (TPSA) is 70.2 Å². The Balaban J connectivity index is 1.67. The van der Waals surface area contributed by atoms with Crippen molar-refractivity contribution in [2.24, 2.45) is 5.92 Å². The highest BCUT2D eigenvalue weighted by Crippen LogP contribution is 2.54. The third kappa shape index (κ3) is 2.67. The van der Waals surface area contributed by atoms with Crippen LogP contribution < -0.4 is 9.64 Å². The van der Waals surface area contributed by atoms with Gasteiger partial charge in [0.25, 0.3) is 5.91 Å². The summed E-state index contributed by atoms with van der Waals surface area (Å²) in [5, 5.41) is 3.53. The molecule has 5 rings (SSSR count). The fraction of sp³-hybridized carbons (Fsp3) is 0.400. The molecule has 3 heterocycles. The molecule has 0 radical (unpaired) electrons. The molecule has 3 amide bonds. The Morgan fingerprint density at radius 2 is 1.53 bits per heavy atom. The maximum absolute atomic E-state index is 13.9. The van der Waals surface area contributed by atoms with Gasteiger partial charge in [-0.1, -0.05) is 30.3 Å². The minimum absolute atomic E-state index is 0.120. The van der Waals surface area contributed by atoms with Crippen LogP contribution in [0.2, 0.25) is 0 Å². The standard InChI is InChI=1S/C25H27N3O4/c1-14-7-6-8-15(2)20(14)26-23(30)19-21(16-9-11-17(32-5)12-10-16)28-25(3,4)13-18(29)27(28)22(19)24(26)31/h6-12,19,21-22H,13H2,1-5H3/t19-,21-,22+/m0/s1. The average molecular weight is 434 g/mol. The van der Waals surface area contributed by atoms with E-state index in [4.69, 9.17) is 4.74 Å². The van der Waals surface area contributed by atoms with E-state index in [0.29, 0.717) is 17.9 Å². The molecule has 3 aliphatic rings. The number of hydrazine groups is 1. The number of carbonyl (C=O) groups is 3. The van der Waals surface area contributed by atoms with Crippen LogP contribution in [-0.4, -0.2) is 46.4 Å². The lowest BCUT2D eigenvalue weighted by atomic mass is 9.87. The number of para-hydroxylation sites is 1. The highest BCUT2D eigenvalue weighted by molar-refractivity contribution is 6.25. The predicted molar refractivity (Wildman–Crippen MR) is 119 cm³/mol. The normalized spacial score (nSPS) is 26.7. The minimum atomic E-state index is -0.831. The van der Waals surface area contributed by atoms with Crippen LogP contribution >= 0.6 is 0 Å². The Morgan fingerprint density at radius 3 is 2.12 bits per heavy atom. The number of carbonyl (C=O) groups excluding carboxylic acids is 3. The van der Waals surface area contributed by atoms with Gasteiger partial charge < -0.3 is 4.74 Å². The number of fused-ring (bicyclic) bond motifs is 3. The van der Waals surface area contributed by atoms with Gasteiger partial charge in [-0.2, -0.15) is 0 Å². The smallest absolute Gasteiger partial charge is 0.259 e. The molecule has 0 bridgehead atoms. The van der Waals surface area contributed by atoms with E-state index >= 15 is 0 Å². The first-order valence-electron chi connectivity index (χ1n) is 10.9. The van der Waals surface area contributed by atoms with Crippen LogP contribution in [0.15, 0.2) is 42.5 Å². The van der Waals surface area contributed by atoms with E-state index in [1.54, 1.807) is 12.1 Å². The van der Waals surface area contributed by atoms with E-state index < -0.39 is 23.5 Å². The number of benzene rings is 2. The maximum atomic E-state index is 13.9. The zero-order valence-electron chi connectivity index (χ0n) is 19.0. The lowest BCUT2D eigenvalue weighted by Gasteiger charge is -2.38. The first-order valence-corrected chi connectivity index (χ1v) is 10.9. The van der Waals surface area contributed by atoms with Gasteiger partial charge in [0.1, 0.15) is 11.8 Å². The van der Waals surface area contributed by atoms with Crippen molar-refractivity contribution in [3.05, 3.63) is 59.2 Å². The molecular formula is C25H27N3O4. The minimum Gasteiger partial charge on any atom is -0.497 e. The third-order valence-electron chi connectivity index (χ3n) is 7.00. The molecule has 0 N–H and O–H groups in total. The monoisotopic (exact) mass is 433 g/mol. The van der Waals surface area contributed by atoms with Crippen LogP contribution in [0.5, 0.6) is 5.75 Å². The van der Waals surface area contributed by atoms with Crippen molar-refractivity contribution in [1.29, 1.82) is 0 Å². The van der Waals surface area contributed by atoms with Gasteiger partial charge in [0, 0.05) is 12.0 Å². The van der Waals surface area contributed by atoms with Crippen LogP contribution in [-0.2, 0) is 14.4 Å². The van der Waals surface area contributed by atoms with Crippen molar-refractivity contribution in [3.63, 3.8) is 0 Å². The molecule has 2 aromatic carbocycles. The molecule has 0 spiro atoms. The molecule has 0 aliphatic carbocycles. The maximum Gasteiger partial charge on any atom is 0.259 e. The molecule has 3 saturated heterocycles. The van der Waals surface area contributed by atoms with Crippen LogP contribution in [0.3, 0.4) is 0 Å². The summed E-state index contributed by atoms with van der Waals surface area (Å²) in [5.74, 6) is -0.660. The summed E-state index contributed by atoms with van der Waals surface area (Å²) in [5.41, 5.74) is 2.73. The molecule has 2 aromatic rings. The first kappa shape index (κ1) is 20.7. The quantitative estimate of drug-likeness (QED) is 0.696. The van der Waals surface area contributed by atoms with Gasteiger partial charge in [0.05, 0.1) is 24.8 Å². The fourth-order valence-electron chi connectivity index (χ4n) is 5.67. The van der Waals surface area contributed by atoms with Crippen LogP contribution in [0.25, 0.3) is 0 Å². The van der Waals surface area contributed by atoms with E-state index in [2.05, 4.69) is 0 Å². The largest absolute Gasteiger partial charge is 0.497 e. The fourth-order valence-corrected chi connectivity index (χ4v) is 5.67. The van der Waals surface area contributed by atoms with E-state index in [-0.39, 0.29) is 17.7 Å². The van der Waals surface area contributed by atoms with E-state index in [9.17, 15) is 14.4 Å². The molecule has 3 aliphatic heterocycles. The lowest BCUT2D eigenvalue weighted by molar-refractivity contribution is -0.146. The van der Waals surface area contributed by atoms with Gasteiger partial charge in [-0.3, -0.25) is 19.4 Å². The van der Waals surface area contributed by atoms with Gasteiger partial charge in [0.15, 0.2) is 0 Å². The van der Waals surface area contributed by atoms with Crippen LogP contribution in [0.1, 0.15) is 43.0 Å². The number of methoxy groups -OCH3 is 1. The van der Waals surface area contributed by atoms with Crippen LogP contribution in [0.4, 0.5) is 5.69 Å². The van der Waals surface area contributed by atoms with Crippen molar-refractivity contribution in [1.82, 2.24) is 10.0 Å². The molecule has 7 nitrogen and oxygen atoms in total. The summed E-state index contributed by atoms with van der Waals surface area (Å²) < 4.78 is 5.30. The van der Waals surface area contributed by atoms with Crippen molar-refractivity contribution >= 4 is 23.4 Å². The molecule has 3 atom stereocenters. The van der Waals surface area contributed by atoms with Gasteiger partial charge in [-0.15, -0.1) is 0 Å². The van der Waals surface area contributed by atoms with E-state index in [0.717, 1.165) is 16.7 Å². The van der Waals surface area contributed by atoms with Crippen molar-refractivity contribution in [3.8, 4) is 5.75 Å². The third-order valence-corrected chi connectivity index (χ3v) is 7.00. The molecule has 7 heteroatoms. The van der Waals surface area contributed by atoms with Crippen molar-refractivity contribution in [2.75, 3.05) is 12.0 Å². The molecular weight excluding hydrogens is 406 g/mol. The van der Waals surface area contributed by atoms with Crippen LogP contribution in [0, 0.1) is 19.8 Å². The van der Waals surface area contributed by atoms with Gasteiger partial charge in [-0.05, 0) is 56.5 Å². The molecule has 0 aromatic heterocycles. The molecule has 166 valence electrons. The number of amides is 3. The molecule has 32 heavy (non-hydrogen) atoms. The average Bonchev–Trinajstić information content (AvgIpc) is 3.31. The van der Waals surface area contributed by atoms with Crippen molar-refractivity contribution < 1.29 is 19.1 Å². The van der Waals surface area contributed by atoms with Gasteiger partial charge in [0.2, 0.25) is 11.8 Å². The summed E-state index contributed by atoms with van der Waals surface area (Å²) in [6, 6.07) is 12.0.